The maximum absolute atomic E-state index is 13.9. The van der Waals surface area contributed by atoms with E-state index >= 15 is 0 Å². The lowest BCUT2D eigenvalue weighted by Crippen LogP contribution is -2.46. The van der Waals surface area contributed by atoms with Crippen molar-refractivity contribution in [1.29, 1.82) is 0 Å². The summed E-state index contributed by atoms with van der Waals surface area (Å²) in [7, 11) is -3.78. The third kappa shape index (κ3) is 6.20. The van der Waals surface area contributed by atoms with Crippen LogP contribution in [0.3, 0.4) is 0 Å². The fraction of sp³-hybridized carbons (Fsp3) is 0.308. The number of thiophene rings is 1. The van der Waals surface area contributed by atoms with E-state index in [4.69, 9.17) is 9.84 Å². The van der Waals surface area contributed by atoms with Crippen molar-refractivity contribution in [3.63, 3.8) is 0 Å². The number of carbonyl (C=O) groups is 2. The van der Waals surface area contributed by atoms with Gasteiger partial charge in [0.25, 0.3) is 0 Å². The number of sulfonamides is 1. The third-order valence-corrected chi connectivity index (χ3v) is 10.3. The van der Waals surface area contributed by atoms with Gasteiger partial charge < -0.3 is 20.3 Å². The fourth-order valence-electron chi connectivity index (χ4n) is 4.45. The van der Waals surface area contributed by atoms with Gasteiger partial charge in [0.1, 0.15) is 0 Å². The van der Waals surface area contributed by atoms with Crippen molar-refractivity contribution < 1.29 is 33.0 Å². The molecule has 1 fully saturated rings. The van der Waals surface area contributed by atoms with Crippen LogP contribution in [0.2, 0.25) is 0 Å². The zero-order valence-electron chi connectivity index (χ0n) is 20.5. The number of carboxylic acids is 2. The van der Waals surface area contributed by atoms with Crippen LogP contribution in [0.15, 0.2) is 53.0 Å². The molecule has 3 aromatic rings. The molecule has 0 atom stereocenters. The first-order chi connectivity index (χ1) is 18.1. The number of nitrogens with one attached hydrogen (secondary N) is 1. The number of hydrogen-bond acceptors (Lipinski definition) is 7. The normalized spacial score (nSPS) is 14.3. The summed E-state index contributed by atoms with van der Waals surface area (Å²) in [4.78, 5) is 23.2. The minimum Gasteiger partial charge on any atom is -0.479 e. The number of hydrogen-bond donors (Lipinski definition) is 3. The number of aliphatic carboxylic acids is 1. The molecule has 0 amide bonds. The summed E-state index contributed by atoms with van der Waals surface area (Å²) in [6, 6.07) is 14.1. The summed E-state index contributed by atoms with van der Waals surface area (Å²) in [5, 5.41) is 21.9. The highest BCUT2D eigenvalue weighted by Crippen LogP contribution is 2.46. The molecule has 9 nitrogen and oxygen atoms in total. The molecule has 3 N–H and O–H groups in total. The highest BCUT2D eigenvalue weighted by Gasteiger charge is 2.32. The number of piperidine rings is 1. The Hall–Kier alpha value is -2.93. The van der Waals surface area contributed by atoms with Crippen LogP contribution < -0.4 is 14.4 Å². The van der Waals surface area contributed by atoms with Crippen molar-refractivity contribution >= 4 is 54.9 Å². The Morgan fingerprint density at radius 1 is 1.13 bits per heavy atom. The Labute approximate surface area is 233 Å². The summed E-state index contributed by atoms with van der Waals surface area (Å²) >= 11 is 4.30. The maximum atomic E-state index is 13.9. The van der Waals surface area contributed by atoms with Gasteiger partial charge in [0, 0.05) is 6.04 Å². The summed E-state index contributed by atoms with van der Waals surface area (Å²) in [6.07, 6.45) is 1.30. The number of nitrogens with zero attached hydrogens (tertiary/aromatic N) is 1. The van der Waals surface area contributed by atoms with Crippen molar-refractivity contribution in [3.05, 3.63) is 69.0 Å². The standard InChI is InChI=1S/C26H27BrN2O7S2/c1-16-5-2-3-6-18(16)15-38(34,35)29(19-9-11-28-12-10-19)20-8-4-7-17(13-20)24-22(27)23(36-14-21(30)31)25(37-24)26(32)33/h2-8,13,19,28H,9-12,14-15H2,1H3,(H,30,31)(H,32,33). The monoisotopic (exact) mass is 622 g/mol. The SMILES string of the molecule is Cc1ccccc1CS(=O)(=O)N(c1cccc(-c2sc(C(=O)O)c(OCC(=O)O)c2Br)c1)C1CCNCC1. The topological polar surface area (TPSA) is 133 Å². The van der Waals surface area contributed by atoms with Gasteiger partial charge in [-0.25, -0.2) is 18.0 Å². The van der Waals surface area contributed by atoms with Crippen molar-refractivity contribution in [2.24, 2.45) is 0 Å². The predicted molar refractivity (Wildman–Crippen MR) is 150 cm³/mol. The number of ether oxygens (including phenoxy) is 1. The molecular weight excluding hydrogens is 596 g/mol. The van der Waals surface area contributed by atoms with E-state index in [1.165, 1.54) is 4.31 Å². The molecule has 0 bridgehead atoms. The van der Waals surface area contributed by atoms with Crippen LogP contribution in [-0.2, 0) is 20.6 Å². The van der Waals surface area contributed by atoms with Gasteiger partial charge in [-0.05, 0) is 77.6 Å². The Morgan fingerprint density at radius 2 is 1.84 bits per heavy atom. The Balaban J connectivity index is 1.77. The van der Waals surface area contributed by atoms with Gasteiger partial charge in [0.2, 0.25) is 10.0 Å². The van der Waals surface area contributed by atoms with E-state index in [0.29, 0.717) is 46.5 Å². The second-order valence-electron chi connectivity index (χ2n) is 8.90. The Morgan fingerprint density at radius 3 is 2.50 bits per heavy atom. The summed E-state index contributed by atoms with van der Waals surface area (Å²) in [5.41, 5.74) is 2.69. The van der Waals surface area contributed by atoms with E-state index in [-0.39, 0.29) is 22.4 Å². The van der Waals surface area contributed by atoms with Crippen LogP contribution in [0.4, 0.5) is 5.69 Å². The smallest absolute Gasteiger partial charge is 0.349 e. The van der Waals surface area contributed by atoms with E-state index < -0.39 is 28.6 Å². The first-order valence-corrected chi connectivity index (χ1v) is 15.1. The second kappa shape index (κ2) is 11.9. The van der Waals surface area contributed by atoms with Gasteiger partial charge in [0.05, 0.1) is 20.8 Å². The quantitative estimate of drug-likeness (QED) is 0.295. The number of aryl methyl sites for hydroxylation is 1. The molecule has 1 aliphatic heterocycles. The number of anilines is 1. The van der Waals surface area contributed by atoms with Gasteiger partial charge in [0.15, 0.2) is 17.2 Å². The van der Waals surface area contributed by atoms with Crippen molar-refractivity contribution in [2.75, 3.05) is 24.0 Å². The molecule has 0 radical (unpaired) electrons. The van der Waals surface area contributed by atoms with Crippen LogP contribution >= 0.6 is 27.3 Å². The average Bonchev–Trinajstić information content (AvgIpc) is 3.21. The van der Waals surface area contributed by atoms with E-state index in [1.807, 2.05) is 31.2 Å². The van der Waals surface area contributed by atoms with Gasteiger partial charge in [-0.1, -0.05) is 36.4 Å². The molecule has 2 heterocycles. The van der Waals surface area contributed by atoms with E-state index in [9.17, 15) is 23.1 Å². The molecular formula is C26H27BrN2O7S2. The van der Waals surface area contributed by atoms with Gasteiger partial charge in [-0.2, -0.15) is 0 Å². The summed E-state index contributed by atoms with van der Waals surface area (Å²) in [5.74, 6) is -2.71. The number of carboxylic acid groups (broad SMARTS) is 2. The van der Waals surface area contributed by atoms with Crippen molar-refractivity contribution in [3.8, 4) is 16.2 Å². The molecule has 0 unspecified atom stereocenters. The molecule has 0 spiro atoms. The van der Waals surface area contributed by atoms with E-state index in [2.05, 4.69) is 21.2 Å². The molecule has 0 saturated carbocycles. The summed E-state index contributed by atoms with van der Waals surface area (Å²) in [6.45, 7) is 2.58. The zero-order valence-corrected chi connectivity index (χ0v) is 23.7. The third-order valence-electron chi connectivity index (χ3n) is 6.25. The van der Waals surface area contributed by atoms with Gasteiger partial charge >= 0.3 is 11.9 Å². The molecule has 0 aliphatic carbocycles. The number of rotatable bonds is 10. The first kappa shape index (κ1) is 28.1. The molecule has 1 aromatic heterocycles. The molecule has 1 saturated heterocycles. The lowest BCUT2D eigenvalue weighted by Gasteiger charge is -2.35. The van der Waals surface area contributed by atoms with E-state index in [1.54, 1.807) is 24.3 Å². The predicted octanol–water partition coefficient (Wildman–Crippen LogP) is 4.74. The molecule has 2 aromatic carbocycles. The van der Waals surface area contributed by atoms with Crippen LogP contribution in [0.5, 0.6) is 5.75 Å². The minimum atomic E-state index is -3.78. The largest absolute Gasteiger partial charge is 0.479 e. The lowest BCUT2D eigenvalue weighted by atomic mass is 10.1. The summed E-state index contributed by atoms with van der Waals surface area (Å²) < 4.78 is 34.9. The molecule has 1 aliphatic rings. The van der Waals surface area contributed by atoms with Crippen molar-refractivity contribution in [2.45, 2.75) is 31.6 Å². The van der Waals surface area contributed by atoms with Gasteiger partial charge in [-0.15, -0.1) is 11.3 Å². The Bertz CT molecular complexity index is 1450. The van der Waals surface area contributed by atoms with Crippen molar-refractivity contribution in [1.82, 2.24) is 5.32 Å². The molecule has 38 heavy (non-hydrogen) atoms. The minimum absolute atomic E-state index is 0.0762. The maximum Gasteiger partial charge on any atom is 0.349 e. The fourth-order valence-corrected chi connectivity index (χ4v) is 8.29. The van der Waals surface area contributed by atoms with Crippen LogP contribution in [0, 0.1) is 6.92 Å². The molecule has 202 valence electrons. The lowest BCUT2D eigenvalue weighted by molar-refractivity contribution is -0.139. The second-order valence-corrected chi connectivity index (χ2v) is 12.6. The number of benzene rings is 2. The Kier molecular flexibility index (Phi) is 8.76. The van der Waals surface area contributed by atoms with Crippen LogP contribution in [0.25, 0.3) is 10.4 Å². The number of halogens is 1. The zero-order chi connectivity index (χ0) is 27.4. The molecule has 4 rings (SSSR count). The van der Waals surface area contributed by atoms with E-state index in [0.717, 1.165) is 22.5 Å². The van der Waals surface area contributed by atoms with Gasteiger partial charge in [-0.3, -0.25) is 4.31 Å². The molecule has 12 heteroatoms. The highest BCUT2D eigenvalue weighted by molar-refractivity contribution is 9.10. The highest BCUT2D eigenvalue weighted by atomic mass is 79.9. The van der Waals surface area contributed by atoms with Crippen LogP contribution in [0.1, 0.15) is 33.6 Å². The average molecular weight is 624 g/mol. The first-order valence-electron chi connectivity index (χ1n) is 11.9. The van der Waals surface area contributed by atoms with Crippen LogP contribution in [-0.4, -0.2) is 56.3 Å². The number of aromatic carboxylic acids is 1.